The van der Waals surface area contributed by atoms with Gasteiger partial charge in [-0.05, 0) is 58.7 Å². The van der Waals surface area contributed by atoms with Gasteiger partial charge >= 0.3 is 0 Å². The molecule has 26 heavy (non-hydrogen) atoms. The molecule has 0 aliphatic heterocycles. The number of anilines is 1. The van der Waals surface area contributed by atoms with E-state index >= 15 is 0 Å². The minimum atomic E-state index is -0.272. The Kier molecular flexibility index (Phi) is 7.62. The van der Waals surface area contributed by atoms with Crippen LogP contribution in [0.1, 0.15) is 27.1 Å². The van der Waals surface area contributed by atoms with Crippen LogP contribution in [0.4, 0.5) is 5.69 Å². The first-order chi connectivity index (χ1) is 12.5. The van der Waals surface area contributed by atoms with E-state index in [1.165, 1.54) is 0 Å². The van der Waals surface area contributed by atoms with Crippen molar-refractivity contribution in [2.24, 2.45) is 0 Å². The van der Waals surface area contributed by atoms with Gasteiger partial charge in [-0.3, -0.25) is 9.59 Å². The number of halogens is 1. The summed E-state index contributed by atoms with van der Waals surface area (Å²) in [5, 5.41) is 5.61. The molecule has 2 aromatic carbocycles. The summed E-state index contributed by atoms with van der Waals surface area (Å²) in [5.74, 6) is 0.184. The van der Waals surface area contributed by atoms with E-state index in [4.69, 9.17) is 9.47 Å². The lowest BCUT2D eigenvalue weighted by Gasteiger charge is -2.09. The fourth-order valence-corrected chi connectivity index (χ4v) is 2.81. The summed E-state index contributed by atoms with van der Waals surface area (Å²) in [7, 11) is 3.18. The lowest BCUT2D eigenvalue weighted by atomic mass is 10.1. The van der Waals surface area contributed by atoms with Crippen LogP contribution < -0.4 is 15.4 Å². The minimum absolute atomic E-state index is 0.190. The molecule has 2 N–H and O–H groups in total. The zero-order valence-corrected chi connectivity index (χ0v) is 16.3. The molecule has 0 radical (unpaired) electrons. The highest BCUT2D eigenvalue weighted by molar-refractivity contribution is 9.10. The molecule has 0 bridgehead atoms. The Morgan fingerprint density at radius 3 is 2.50 bits per heavy atom. The number of rotatable bonds is 8. The number of hydrogen-bond acceptors (Lipinski definition) is 4. The summed E-state index contributed by atoms with van der Waals surface area (Å²) in [6, 6.07) is 11.9. The molecular formula is C19H21BrN2O4. The van der Waals surface area contributed by atoms with E-state index in [2.05, 4.69) is 26.6 Å². The van der Waals surface area contributed by atoms with Crippen LogP contribution in [0.5, 0.6) is 5.75 Å². The number of amides is 2. The Hall–Kier alpha value is -2.38. The third-order valence-corrected chi connectivity index (χ3v) is 4.23. The Morgan fingerprint density at radius 2 is 1.81 bits per heavy atom. The molecule has 0 aliphatic rings. The Bertz CT molecular complexity index is 780. The van der Waals surface area contributed by atoms with Crippen LogP contribution in [0.15, 0.2) is 46.9 Å². The van der Waals surface area contributed by atoms with E-state index in [1.807, 2.05) is 0 Å². The van der Waals surface area contributed by atoms with Gasteiger partial charge in [0.1, 0.15) is 5.75 Å². The Balaban J connectivity index is 2.02. The first kappa shape index (κ1) is 19.9. The molecule has 0 aromatic heterocycles. The van der Waals surface area contributed by atoms with E-state index in [0.29, 0.717) is 40.2 Å². The largest absolute Gasteiger partial charge is 0.496 e. The molecule has 2 aromatic rings. The maximum absolute atomic E-state index is 12.4. The smallest absolute Gasteiger partial charge is 0.255 e. The molecule has 0 spiro atoms. The SMILES string of the molecule is COCCCNC(=O)c1cccc(NC(=O)c2ccc(OC)c(Br)c2)c1. The van der Waals surface area contributed by atoms with Crippen molar-refractivity contribution < 1.29 is 19.1 Å². The van der Waals surface area contributed by atoms with Gasteiger partial charge in [-0.1, -0.05) is 6.07 Å². The molecule has 0 heterocycles. The van der Waals surface area contributed by atoms with Crippen molar-refractivity contribution in [2.45, 2.75) is 6.42 Å². The molecule has 7 heteroatoms. The van der Waals surface area contributed by atoms with Crippen LogP contribution in [0.25, 0.3) is 0 Å². The molecule has 2 amide bonds. The molecular weight excluding hydrogens is 400 g/mol. The van der Waals surface area contributed by atoms with Crippen LogP contribution in [-0.4, -0.2) is 39.2 Å². The summed E-state index contributed by atoms with van der Waals surface area (Å²) < 4.78 is 10.8. The van der Waals surface area contributed by atoms with Crippen molar-refractivity contribution in [2.75, 3.05) is 32.7 Å². The molecule has 0 unspecified atom stereocenters. The third kappa shape index (κ3) is 5.57. The lowest BCUT2D eigenvalue weighted by Crippen LogP contribution is -2.25. The van der Waals surface area contributed by atoms with Gasteiger partial charge in [0, 0.05) is 37.1 Å². The third-order valence-electron chi connectivity index (χ3n) is 3.61. The van der Waals surface area contributed by atoms with Crippen molar-refractivity contribution in [1.82, 2.24) is 5.32 Å². The van der Waals surface area contributed by atoms with Gasteiger partial charge in [0.15, 0.2) is 0 Å². The predicted octanol–water partition coefficient (Wildman–Crippen LogP) is 3.48. The van der Waals surface area contributed by atoms with E-state index in [0.717, 1.165) is 6.42 Å². The molecule has 0 saturated heterocycles. The zero-order valence-electron chi connectivity index (χ0n) is 14.7. The van der Waals surface area contributed by atoms with Gasteiger partial charge in [-0.15, -0.1) is 0 Å². The van der Waals surface area contributed by atoms with E-state index in [1.54, 1.807) is 56.7 Å². The second-order valence-electron chi connectivity index (χ2n) is 5.49. The van der Waals surface area contributed by atoms with Gasteiger partial charge in [0.2, 0.25) is 0 Å². The Morgan fingerprint density at radius 1 is 1.04 bits per heavy atom. The molecule has 0 atom stereocenters. The molecule has 2 rings (SSSR count). The molecule has 0 saturated carbocycles. The van der Waals surface area contributed by atoms with Crippen molar-refractivity contribution in [3.63, 3.8) is 0 Å². The number of methoxy groups -OCH3 is 2. The second-order valence-corrected chi connectivity index (χ2v) is 6.34. The van der Waals surface area contributed by atoms with Crippen LogP contribution in [-0.2, 0) is 4.74 Å². The summed E-state index contributed by atoms with van der Waals surface area (Å²) in [4.78, 5) is 24.6. The summed E-state index contributed by atoms with van der Waals surface area (Å²) in [6.07, 6.45) is 0.741. The predicted molar refractivity (Wildman–Crippen MR) is 104 cm³/mol. The highest BCUT2D eigenvalue weighted by Gasteiger charge is 2.11. The monoisotopic (exact) mass is 420 g/mol. The topological polar surface area (TPSA) is 76.7 Å². The maximum atomic E-state index is 12.4. The molecule has 0 aliphatic carbocycles. The number of benzene rings is 2. The first-order valence-corrected chi connectivity index (χ1v) is 8.86. The van der Waals surface area contributed by atoms with Gasteiger partial charge in [0.05, 0.1) is 11.6 Å². The number of nitrogens with one attached hydrogen (secondary N) is 2. The van der Waals surface area contributed by atoms with Gasteiger partial charge in [-0.2, -0.15) is 0 Å². The van der Waals surface area contributed by atoms with Crippen molar-refractivity contribution in [3.05, 3.63) is 58.1 Å². The fourth-order valence-electron chi connectivity index (χ4n) is 2.27. The average Bonchev–Trinajstić information content (AvgIpc) is 2.65. The first-order valence-electron chi connectivity index (χ1n) is 8.07. The van der Waals surface area contributed by atoms with Crippen molar-refractivity contribution >= 4 is 33.4 Å². The van der Waals surface area contributed by atoms with Gasteiger partial charge < -0.3 is 20.1 Å². The highest BCUT2D eigenvalue weighted by atomic mass is 79.9. The van der Waals surface area contributed by atoms with Crippen LogP contribution in [0, 0.1) is 0 Å². The highest BCUT2D eigenvalue weighted by Crippen LogP contribution is 2.26. The number of carbonyl (C=O) groups excluding carboxylic acids is 2. The quantitative estimate of drug-likeness (QED) is 0.640. The van der Waals surface area contributed by atoms with Gasteiger partial charge in [-0.25, -0.2) is 0 Å². The number of carbonyl (C=O) groups is 2. The lowest BCUT2D eigenvalue weighted by molar-refractivity contribution is 0.0947. The van der Waals surface area contributed by atoms with Crippen LogP contribution in [0.2, 0.25) is 0 Å². The standard InChI is InChI=1S/C19H21BrN2O4/c1-25-10-4-9-21-18(23)13-5-3-6-15(11-13)22-19(24)14-7-8-17(26-2)16(20)12-14/h3,5-8,11-12H,4,9-10H2,1-2H3,(H,21,23)(H,22,24). The van der Waals surface area contributed by atoms with E-state index in [9.17, 15) is 9.59 Å². The number of hydrogen-bond donors (Lipinski definition) is 2. The van der Waals surface area contributed by atoms with E-state index < -0.39 is 0 Å². The van der Waals surface area contributed by atoms with Gasteiger partial charge in [0.25, 0.3) is 11.8 Å². The van der Waals surface area contributed by atoms with E-state index in [-0.39, 0.29) is 11.8 Å². The Labute approximate surface area is 161 Å². The zero-order chi connectivity index (χ0) is 18.9. The summed E-state index contributed by atoms with van der Waals surface area (Å²) in [5.41, 5.74) is 1.51. The molecule has 0 fully saturated rings. The number of ether oxygens (including phenoxy) is 2. The van der Waals surface area contributed by atoms with Crippen LogP contribution >= 0.6 is 15.9 Å². The summed E-state index contributed by atoms with van der Waals surface area (Å²) >= 11 is 3.36. The fraction of sp³-hybridized carbons (Fsp3) is 0.263. The average molecular weight is 421 g/mol. The minimum Gasteiger partial charge on any atom is -0.496 e. The molecule has 6 nitrogen and oxygen atoms in total. The maximum Gasteiger partial charge on any atom is 0.255 e. The molecule has 138 valence electrons. The van der Waals surface area contributed by atoms with Crippen LogP contribution in [0.3, 0.4) is 0 Å². The second kappa shape index (κ2) is 9.94. The normalized spacial score (nSPS) is 10.3. The van der Waals surface area contributed by atoms with Crippen molar-refractivity contribution in [1.29, 1.82) is 0 Å². The van der Waals surface area contributed by atoms with Crippen molar-refractivity contribution in [3.8, 4) is 5.75 Å². The summed E-state index contributed by atoms with van der Waals surface area (Å²) in [6.45, 7) is 1.12.